The first kappa shape index (κ1) is 18.6. The minimum absolute atomic E-state index is 0.00160. The Balaban J connectivity index is 1.76. The summed E-state index contributed by atoms with van der Waals surface area (Å²) in [6.45, 7) is 13.7. The van der Waals surface area contributed by atoms with Gasteiger partial charge in [0.25, 0.3) is 0 Å². The van der Waals surface area contributed by atoms with E-state index in [0.717, 1.165) is 24.0 Å². The predicted octanol–water partition coefficient (Wildman–Crippen LogP) is 6.03. The van der Waals surface area contributed by atoms with Crippen molar-refractivity contribution in [1.82, 2.24) is 0 Å². The molecule has 0 N–H and O–H groups in total. The molecule has 0 aromatic heterocycles. The molecule has 0 amide bonds. The number of ether oxygens (including phenoxy) is 2. The topological polar surface area (TPSA) is 18.5 Å². The summed E-state index contributed by atoms with van der Waals surface area (Å²) < 4.78 is 12.5. The maximum absolute atomic E-state index is 6.23. The molecule has 136 valence electrons. The summed E-state index contributed by atoms with van der Waals surface area (Å²) in [5.74, 6) is 0. The quantitative estimate of drug-likeness (QED) is 0.617. The summed E-state index contributed by atoms with van der Waals surface area (Å²) in [4.78, 5) is 0. The molecule has 2 nitrogen and oxygen atoms in total. The zero-order chi connectivity index (χ0) is 18.5. The standard InChI is InChI=1S/C24H28O2/c1-17-7-5-9-21(11-17)23-13-19(3)16-26-24(14-20(4)15-25-23)22-10-6-8-18(2)12-22/h5-12,23-24H,3-4,13-16H2,1-2H3/t23-,24+. The molecule has 1 heterocycles. The lowest BCUT2D eigenvalue weighted by Gasteiger charge is -2.26. The zero-order valence-corrected chi connectivity index (χ0v) is 15.8. The largest absolute Gasteiger partial charge is 0.369 e. The number of hydrogen-bond acceptors (Lipinski definition) is 2. The molecule has 2 atom stereocenters. The molecule has 1 aliphatic rings. The molecule has 3 rings (SSSR count). The lowest BCUT2D eigenvalue weighted by Crippen LogP contribution is -2.16. The fourth-order valence-corrected chi connectivity index (χ4v) is 3.37. The molecule has 0 spiro atoms. The third-order valence-corrected chi connectivity index (χ3v) is 4.75. The van der Waals surface area contributed by atoms with Crippen LogP contribution < -0.4 is 0 Å². The smallest absolute Gasteiger partial charge is 0.0867 e. The molecule has 1 fully saturated rings. The summed E-state index contributed by atoms with van der Waals surface area (Å²) in [5, 5.41) is 0. The van der Waals surface area contributed by atoms with Gasteiger partial charge in [-0.3, -0.25) is 0 Å². The summed E-state index contributed by atoms with van der Waals surface area (Å²) in [6, 6.07) is 17.0. The molecule has 0 saturated carbocycles. The van der Waals surface area contributed by atoms with Gasteiger partial charge in [0.05, 0.1) is 25.4 Å². The van der Waals surface area contributed by atoms with E-state index < -0.39 is 0 Å². The van der Waals surface area contributed by atoms with Gasteiger partial charge >= 0.3 is 0 Å². The maximum atomic E-state index is 6.23. The Kier molecular flexibility index (Phi) is 6.08. The van der Waals surface area contributed by atoms with Gasteiger partial charge < -0.3 is 9.47 Å². The van der Waals surface area contributed by atoms with E-state index >= 15 is 0 Å². The predicted molar refractivity (Wildman–Crippen MR) is 107 cm³/mol. The minimum Gasteiger partial charge on any atom is -0.369 e. The molecule has 0 unspecified atom stereocenters. The third-order valence-electron chi connectivity index (χ3n) is 4.75. The molecule has 26 heavy (non-hydrogen) atoms. The van der Waals surface area contributed by atoms with E-state index in [9.17, 15) is 0 Å². The molecule has 0 radical (unpaired) electrons. The first-order valence-corrected chi connectivity index (χ1v) is 9.21. The Morgan fingerprint density at radius 1 is 0.731 bits per heavy atom. The Morgan fingerprint density at radius 3 is 1.54 bits per heavy atom. The first-order valence-electron chi connectivity index (χ1n) is 9.21. The van der Waals surface area contributed by atoms with E-state index in [-0.39, 0.29) is 12.2 Å². The highest BCUT2D eigenvalue weighted by Crippen LogP contribution is 2.32. The zero-order valence-electron chi connectivity index (χ0n) is 15.8. The molecule has 2 aromatic carbocycles. The van der Waals surface area contributed by atoms with Crippen LogP contribution >= 0.6 is 0 Å². The lowest BCUT2D eigenvalue weighted by molar-refractivity contribution is 0.0296. The molecule has 2 heteroatoms. The molecular formula is C24H28O2. The Morgan fingerprint density at radius 2 is 1.15 bits per heavy atom. The van der Waals surface area contributed by atoms with Crippen LogP contribution in [0.5, 0.6) is 0 Å². The first-order chi connectivity index (χ1) is 12.5. The van der Waals surface area contributed by atoms with Gasteiger partial charge in [-0.05, 0) is 36.1 Å². The van der Waals surface area contributed by atoms with Gasteiger partial charge in [-0.15, -0.1) is 0 Å². The highest BCUT2D eigenvalue weighted by atomic mass is 16.5. The van der Waals surface area contributed by atoms with Crippen LogP contribution in [0.1, 0.15) is 47.3 Å². The minimum atomic E-state index is -0.00160. The van der Waals surface area contributed by atoms with E-state index in [1.807, 2.05) is 0 Å². The summed E-state index contributed by atoms with van der Waals surface area (Å²) in [7, 11) is 0. The van der Waals surface area contributed by atoms with Crippen molar-refractivity contribution < 1.29 is 9.47 Å². The van der Waals surface area contributed by atoms with Crippen molar-refractivity contribution in [3.05, 3.63) is 95.1 Å². The van der Waals surface area contributed by atoms with Gasteiger partial charge in [-0.2, -0.15) is 0 Å². The van der Waals surface area contributed by atoms with Crippen molar-refractivity contribution in [2.24, 2.45) is 0 Å². The average Bonchev–Trinajstić information content (AvgIpc) is 2.61. The normalized spacial score (nSPS) is 22.2. The van der Waals surface area contributed by atoms with Crippen molar-refractivity contribution in [1.29, 1.82) is 0 Å². The van der Waals surface area contributed by atoms with Crippen LogP contribution in [-0.4, -0.2) is 13.2 Å². The van der Waals surface area contributed by atoms with Gasteiger partial charge in [0.15, 0.2) is 0 Å². The molecule has 0 bridgehead atoms. The number of hydrogen-bond donors (Lipinski definition) is 0. The summed E-state index contributed by atoms with van der Waals surface area (Å²) in [5.41, 5.74) is 6.97. The van der Waals surface area contributed by atoms with Crippen molar-refractivity contribution in [2.45, 2.75) is 38.9 Å². The van der Waals surface area contributed by atoms with E-state index in [0.29, 0.717) is 13.2 Å². The molecular weight excluding hydrogens is 320 g/mol. The van der Waals surface area contributed by atoms with Crippen molar-refractivity contribution >= 4 is 0 Å². The van der Waals surface area contributed by atoms with Gasteiger partial charge in [0.2, 0.25) is 0 Å². The van der Waals surface area contributed by atoms with Gasteiger partial charge in [0, 0.05) is 12.8 Å². The van der Waals surface area contributed by atoms with Gasteiger partial charge in [-0.25, -0.2) is 0 Å². The SMILES string of the molecule is C=C1CO[C@@H](c2cccc(C)c2)CC(=C)CO[C@H](c2cccc(C)c2)C1. The van der Waals surface area contributed by atoms with Crippen LogP contribution in [0.4, 0.5) is 0 Å². The number of rotatable bonds is 2. The monoisotopic (exact) mass is 348 g/mol. The Labute approximate surface area is 157 Å². The van der Waals surface area contributed by atoms with Crippen LogP contribution in [0, 0.1) is 13.8 Å². The fraction of sp³-hybridized carbons (Fsp3) is 0.333. The highest BCUT2D eigenvalue weighted by molar-refractivity contribution is 5.27. The van der Waals surface area contributed by atoms with E-state index in [1.165, 1.54) is 22.3 Å². The second kappa shape index (κ2) is 8.48. The molecule has 2 aromatic rings. The van der Waals surface area contributed by atoms with Gasteiger partial charge in [-0.1, -0.05) is 72.8 Å². The Bertz CT molecular complexity index is 723. The van der Waals surface area contributed by atoms with E-state index in [2.05, 4.69) is 75.5 Å². The van der Waals surface area contributed by atoms with Crippen molar-refractivity contribution in [3.63, 3.8) is 0 Å². The van der Waals surface area contributed by atoms with Crippen LogP contribution in [0.25, 0.3) is 0 Å². The van der Waals surface area contributed by atoms with Crippen LogP contribution in [-0.2, 0) is 9.47 Å². The number of benzene rings is 2. The summed E-state index contributed by atoms with van der Waals surface area (Å²) >= 11 is 0. The van der Waals surface area contributed by atoms with Crippen molar-refractivity contribution in [3.8, 4) is 0 Å². The van der Waals surface area contributed by atoms with Crippen LogP contribution in [0.15, 0.2) is 72.8 Å². The van der Waals surface area contributed by atoms with Crippen molar-refractivity contribution in [2.75, 3.05) is 13.2 Å². The second-order valence-corrected chi connectivity index (χ2v) is 7.34. The fourth-order valence-electron chi connectivity index (χ4n) is 3.37. The highest BCUT2D eigenvalue weighted by Gasteiger charge is 2.20. The van der Waals surface area contributed by atoms with E-state index in [4.69, 9.17) is 9.47 Å². The number of aryl methyl sites for hydroxylation is 2. The average molecular weight is 348 g/mol. The second-order valence-electron chi connectivity index (χ2n) is 7.34. The Hall–Kier alpha value is -2.16. The summed E-state index contributed by atoms with van der Waals surface area (Å²) in [6.07, 6.45) is 1.52. The maximum Gasteiger partial charge on any atom is 0.0867 e. The third kappa shape index (κ3) is 4.94. The molecule has 1 saturated heterocycles. The molecule has 0 aliphatic carbocycles. The van der Waals surface area contributed by atoms with E-state index in [1.54, 1.807) is 0 Å². The van der Waals surface area contributed by atoms with Crippen LogP contribution in [0.3, 0.4) is 0 Å². The van der Waals surface area contributed by atoms with Gasteiger partial charge in [0.1, 0.15) is 0 Å². The molecule has 1 aliphatic heterocycles. The lowest BCUT2D eigenvalue weighted by atomic mass is 9.98. The van der Waals surface area contributed by atoms with Crippen LogP contribution in [0.2, 0.25) is 0 Å².